The van der Waals surface area contributed by atoms with Gasteiger partial charge in [-0.3, -0.25) is 0 Å². The Morgan fingerprint density at radius 3 is 2.61 bits per heavy atom. The summed E-state index contributed by atoms with van der Waals surface area (Å²) in [5.41, 5.74) is 2.81. The van der Waals surface area contributed by atoms with Gasteiger partial charge in [-0.25, -0.2) is 4.79 Å². The Morgan fingerprint density at radius 1 is 1.11 bits per heavy atom. The van der Waals surface area contributed by atoms with Gasteiger partial charge in [-0.1, -0.05) is 53.7 Å². The zero-order valence-corrected chi connectivity index (χ0v) is 15.8. The standard InChI is InChI=1S/C22H17ClN2O3/c1-14-21(16-6-2-3-7-18(16)26)24-11-5-4-8-20(24)25(22(14)28)13-15-9-10-19(27)17(23)12-15/h2-12H,13H2,1H3,(H-,26,27,28). The first-order chi connectivity index (χ1) is 13.5. The van der Waals surface area contributed by atoms with E-state index >= 15 is 0 Å². The largest absolute Gasteiger partial charge is 0.872 e. The minimum Gasteiger partial charge on any atom is -0.872 e. The summed E-state index contributed by atoms with van der Waals surface area (Å²) >= 11 is 6.01. The molecule has 0 amide bonds. The highest BCUT2D eigenvalue weighted by atomic mass is 35.5. The van der Waals surface area contributed by atoms with Gasteiger partial charge in [0.05, 0.1) is 16.8 Å². The third-order valence-corrected chi connectivity index (χ3v) is 5.07. The highest BCUT2D eigenvalue weighted by Gasteiger charge is 2.22. The Bertz CT molecular complexity index is 1260. The lowest BCUT2D eigenvalue weighted by atomic mass is 10.1. The predicted molar refractivity (Wildman–Crippen MR) is 106 cm³/mol. The molecule has 4 rings (SSSR count). The van der Waals surface area contributed by atoms with E-state index in [-0.39, 0.29) is 28.6 Å². The fourth-order valence-electron chi connectivity index (χ4n) is 3.41. The number of hydrogen-bond acceptors (Lipinski definition) is 3. The van der Waals surface area contributed by atoms with E-state index in [0.717, 1.165) is 5.56 Å². The number of hydrogen-bond donors (Lipinski definition) is 1. The van der Waals surface area contributed by atoms with Crippen molar-refractivity contribution < 1.29 is 14.6 Å². The third-order valence-electron chi connectivity index (χ3n) is 4.77. The number of aromatic hydroxyl groups is 1. The number of nitrogens with zero attached hydrogens (tertiary/aromatic N) is 2. The molecule has 0 fully saturated rings. The van der Waals surface area contributed by atoms with Crippen LogP contribution in [-0.2, 0) is 6.54 Å². The predicted octanol–water partition coefficient (Wildman–Crippen LogP) is 3.04. The van der Waals surface area contributed by atoms with Crippen LogP contribution in [-0.4, -0.2) is 9.67 Å². The molecule has 2 aromatic heterocycles. The van der Waals surface area contributed by atoms with Crippen LogP contribution in [0.25, 0.3) is 16.9 Å². The highest BCUT2D eigenvalue weighted by molar-refractivity contribution is 6.32. The number of aromatic nitrogens is 2. The molecule has 6 heteroatoms. The second kappa shape index (κ2) is 7.02. The van der Waals surface area contributed by atoms with Gasteiger partial charge < -0.3 is 10.2 Å². The van der Waals surface area contributed by atoms with Crippen molar-refractivity contribution in [1.29, 1.82) is 0 Å². The lowest BCUT2D eigenvalue weighted by molar-refractivity contribution is -0.504. The number of para-hydroxylation sites is 1. The lowest BCUT2D eigenvalue weighted by Gasteiger charge is -2.15. The van der Waals surface area contributed by atoms with Gasteiger partial charge in [0.25, 0.3) is 5.65 Å². The number of halogens is 1. The minimum absolute atomic E-state index is 0.00409. The van der Waals surface area contributed by atoms with Crippen LogP contribution in [0.4, 0.5) is 0 Å². The molecule has 140 valence electrons. The topological polar surface area (TPSA) is 69.4 Å². The first-order valence-electron chi connectivity index (χ1n) is 8.75. The zero-order valence-electron chi connectivity index (χ0n) is 15.1. The summed E-state index contributed by atoms with van der Waals surface area (Å²) in [4.78, 5) is 13.2. The van der Waals surface area contributed by atoms with Gasteiger partial charge in [-0.15, -0.1) is 0 Å². The molecule has 2 heterocycles. The fourth-order valence-corrected chi connectivity index (χ4v) is 3.61. The summed E-state index contributed by atoms with van der Waals surface area (Å²) in [5, 5.41) is 22.3. The van der Waals surface area contributed by atoms with Gasteiger partial charge in [0.15, 0.2) is 0 Å². The minimum atomic E-state index is -0.186. The molecule has 0 radical (unpaired) electrons. The zero-order chi connectivity index (χ0) is 19.8. The van der Waals surface area contributed by atoms with Crippen LogP contribution >= 0.6 is 11.6 Å². The number of benzene rings is 2. The number of phenolic OH excluding ortho intramolecular Hbond substituents is 1. The number of rotatable bonds is 3. The van der Waals surface area contributed by atoms with Crippen molar-refractivity contribution >= 4 is 17.2 Å². The summed E-state index contributed by atoms with van der Waals surface area (Å²) in [6.45, 7) is 2.01. The van der Waals surface area contributed by atoms with Crippen LogP contribution in [0.1, 0.15) is 11.1 Å². The molecule has 0 aliphatic heterocycles. The lowest BCUT2D eigenvalue weighted by Crippen LogP contribution is -2.38. The fraction of sp³-hybridized carbons (Fsp3) is 0.0909. The van der Waals surface area contributed by atoms with Crippen molar-refractivity contribution in [3.8, 4) is 22.8 Å². The maximum Gasteiger partial charge on any atom is 0.341 e. The SMILES string of the molecule is Cc1c(-c2ccccc2[O-])[n+]2ccccc2n(Cc2ccc(O)c(Cl)c2)c1=O. The molecule has 0 unspecified atom stereocenters. The van der Waals surface area contributed by atoms with E-state index in [1.165, 1.54) is 12.1 Å². The van der Waals surface area contributed by atoms with Gasteiger partial charge in [0.2, 0.25) is 0 Å². The van der Waals surface area contributed by atoms with E-state index in [4.69, 9.17) is 11.6 Å². The molecule has 4 aromatic rings. The molecule has 0 aliphatic carbocycles. The van der Waals surface area contributed by atoms with E-state index in [1.54, 1.807) is 41.8 Å². The highest BCUT2D eigenvalue weighted by Crippen LogP contribution is 2.27. The van der Waals surface area contributed by atoms with Crippen molar-refractivity contribution in [3.05, 3.63) is 93.4 Å². The van der Waals surface area contributed by atoms with E-state index in [2.05, 4.69) is 0 Å². The van der Waals surface area contributed by atoms with Crippen LogP contribution in [0.2, 0.25) is 5.02 Å². The average Bonchev–Trinajstić information content (AvgIpc) is 2.69. The maximum absolute atomic E-state index is 13.2. The van der Waals surface area contributed by atoms with Gasteiger partial charge in [-0.2, -0.15) is 8.97 Å². The molecule has 2 aromatic carbocycles. The van der Waals surface area contributed by atoms with Crippen LogP contribution in [0.5, 0.6) is 11.5 Å². The second-order valence-electron chi connectivity index (χ2n) is 6.58. The summed E-state index contributed by atoms with van der Waals surface area (Å²) in [6, 6.07) is 17.1. The molecular weight excluding hydrogens is 376 g/mol. The Balaban J connectivity index is 1.99. The molecule has 0 bridgehead atoms. The Morgan fingerprint density at radius 2 is 1.86 bits per heavy atom. The smallest absolute Gasteiger partial charge is 0.341 e. The van der Waals surface area contributed by atoms with Crippen molar-refractivity contribution in [2.24, 2.45) is 0 Å². The molecule has 0 aliphatic rings. The van der Waals surface area contributed by atoms with Crippen LogP contribution < -0.4 is 15.1 Å². The Hall–Kier alpha value is -3.31. The second-order valence-corrected chi connectivity index (χ2v) is 6.98. The van der Waals surface area contributed by atoms with Crippen molar-refractivity contribution in [2.45, 2.75) is 13.5 Å². The van der Waals surface area contributed by atoms with Gasteiger partial charge in [0.1, 0.15) is 18.0 Å². The molecule has 0 saturated heterocycles. The molecule has 0 atom stereocenters. The third kappa shape index (κ3) is 3.00. The monoisotopic (exact) mass is 392 g/mol. The van der Waals surface area contributed by atoms with E-state index < -0.39 is 0 Å². The first-order valence-corrected chi connectivity index (χ1v) is 9.13. The van der Waals surface area contributed by atoms with Crippen LogP contribution in [0.3, 0.4) is 0 Å². The van der Waals surface area contributed by atoms with E-state index in [1.807, 2.05) is 28.8 Å². The van der Waals surface area contributed by atoms with Crippen LogP contribution in [0.15, 0.2) is 71.7 Å². The van der Waals surface area contributed by atoms with Crippen molar-refractivity contribution in [2.75, 3.05) is 0 Å². The molecule has 0 saturated carbocycles. The first kappa shape index (κ1) is 18.1. The van der Waals surface area contributed by atoms with Gasteiger partial charge in [0, 0.05) is 11.6 Å². The number of pyridine rings is 1. The van der Waals surface area contributed by atoms with Gasteiger partial charge in [-0.05, 0) is 30.7 Å². The molecule has 0 spiro atoms. The normalized spacial score (nSPS) is 11.1. The van der Waals surface area contributed by atoms with Crippen molar-refractivity contribution in [1.82, 2.24) is 4.57 Å². The molecule has 1 N–H and O–H groups in total. The number of fused-ring (bicyclic) bond motifs is 1. The molecule has 5 nitrogen and oxygen atoms in total. The molecule has 28 heavy (non-hydrogen) atoms. The average molecular weight is 393 g/mol. The van der Waals surface area contributed by atoms with Crippen LogP contribution in [0, 0.1) is 6.92 Å². The van der Waals surface area contributed by atoms with E-state index in [0.29, 0.717) is 22.5 Å². The Labute approximate surface area is 166 Å². The quantitative estimate of drug-likeness (QED) is 0.545. The maximum atomic E-state index is 13.2. The van der Waals surface area contributed by atoms with Gasteiger partial charge >= 0.3 is 5.56 Å². The summed E-state index contributed by atoms with van der Waals surface area (Å²) < 4.78 is 3.49. The number of phenols is 1. The van der Waals surface area contributed by atoms with Crippen molar-refractivity contribution in [3.63, 3.8) is 0 Å². The van der Waals surface area contributed by atoms with E-state index in [9.17, 15) is 15.0 Å². The summed E-state index contributed by atoms with van der Waals surface area (Å²) in [5.74, 6) is -0.138. The Kier molecular flexibility index (Phi) is 4.53. The summed E-state index contributed by atoms with van der Waals surface area (Å²) in [7, 11) is 0. The summed E-state index contributed by atoms with van der Waals surface area (Å²) in [6.07, 6.45) is 1.84. The molecular formula is C22H17ClN2O3.